The van der Waals surface area contributed by atoms with Crippen LogP contribution in [0.4, 0.5) is 8.78 Å². The van der Waals surface area contributed by atoms with Crippen molar-refractivity contribution in [2.45, 2.75) is 20.3 Å². The van der Waals surface area contributed by atoms with Crippen LogP contribution in [0.15, 0.2) is 47.6 Å². The van der Waals surface area contributed by atoms with Crippen molar-refractivity contribution in [3.05, 3.63) is 76.4 Å². The molecular weight excluding hydrogens is 282 g/mol. The number of hydrogen-bond acceptors (Lipinski definition) is 2. The summed E-state index contributed by atoms with van der Waals surface area (Å²) in [5.41, 5.74) is 7.16. The first-order valence-electron chi connectivity index (χ1n) is 6.94. The van der Waals surface area contributed by atoms with Gasteiger partial charge in [-0.15, -0.1) is 0 Å². The van der Waals surface area contributed by atoms with E-state index < -0.39 is 11.6 Å². The van der Waals surface area contributed by atoms with E-state index in [1.165, 1.54) is 23.3 Å². The second-order valence-electron chi connectivity index (χ2n) is 5.17. The van der Waals surface area contributed by atoms with Crippen LogP contribution in [-0.4, -0.2) is 6.72 Å². The second-order valence-corrected chi connectivity index (χ2v) is 5.17. The summed E-state index contributed by atoms with van der Waals surface area (Å²) in [5.74, 6) is -1.25. The molecule has 1 N–H and O–H groups in total. The van der Waals surface area contributed by atoms with Gasteiger partial charge in [0, 0.05) is 18.3 Å². The molecule has 2 aromatic carbocycles. The third kappa shape index (κ3) is 4.01. The molecule has 4 heteroatoms. The van der Waals surface area contributed by atoms with Crippen molar-refractivity contribution in [3.8, 4) is 0 Å². The molecule has 0 spiro atoms. The molecule has 0 aromatic heterocycles. The first-order chi connectivity index (χ1) is 10.5. The van der Waals surface area contributed by atoms with Crippen LogP contribution in [0.5, 0.6) is 0 Å². The Balaban J connectivity index is 2.30. The van der Waals surface area contributed by atoms with Crippen LogP contribution in [0.2, 0.25) is 0 Å². The summed E-state index contributed by atoms with van der Waals surface area (Å²) in [5, 5.41) is 3.60. The van der Waals surface area contributed by atoms with Crippen LogP contribution in [0, 0.1) is 25.5 Å². The molecule has 22 heavy (non-hydrogen) atoms. The molecule has 0 heterocycles. The fraction of sp³-hybridized carbons (Fsp3) is 0.167. The van der Waals surface area contributed by atoms with Gasteiger partial charge < -0.3 is 0 Å². The Hall–Kier alpha value is -2.49. The maximum atomic E-state index is 13.3. The highest BCUT2D eigenvalue weighted by Crippen LogP contribution is 2.17. The Morgan fingerprint density at radius 2 is 1.77 bits per heavy atom. The van der Waals surface area contributed by atoms with Crippen molar-refractivity contribution in [2.75, 3.05) is 0 Å². The summed E-state index contributed by atoms with van der Waals surface area (Å²) in [7, 11) is 0. The van der Waals surface area contributed by atoms with E-state index >= 15 is 0 Å². The van der Waals surface area contributed by atoms with E-state index in [1.807, 2.05) is 12.1 Å². The highest BCUT2D eigenvalue weighted by molar-refractivity contribution is 5.64. The molecule has 0 bridgehead atoms. The predicted octanol–water partition coefficient (Wildman–Crippen LogP) is 4.37. The molecule has 0 aliphatic carbocycles. The number of hydrogen-bond donors (Lipinski definition) is 1. The zero-order chi connectivity index (χ0) is 16.1. The Morgan fingerprint density at radius 1 is 1.09 bits per heavy atom. The lowest BCUT2D eigenvalue weighted by Gasteiger charge is -2.08. The van der Waals surface area contributed by atoms with E-state index in [9.17, 15) is 8.78 Å². The largest absolute Gasteiger partial charge is 0.279 e. The minimum Gasteiger partial charge on any atom is -0.279 e. The SMILES string of the molecule is C=NN/C(=C\Cc1ccc(C)c(C)c1)c1cc(F)cc(F)c1. The van der Waals surface area contributed by atoms with E-state index in [4.69, 9.17) is 0 Å². The van der Waals surface area contributed by atoms with Crippen LogP contribution in [0.1, 0.15) is 22.3 Å². The number of nitrogens with one attached hydrogen (secondary N) is 1. The average molecular weight is 300 g/mol. The zero-order valence-corrected chi connectivity index (χ0v) is 12.7. The van der Waals surface area contributed by atoms with Crippen molar-refractivity contribution >= 4 is 12.4 Å². The Morgan fingerprint density at radius 3 is 2.36 bits per heavy atom. The van der Waals surface area contributed by atoms with Crippen LogP contribution < -0.4 is 5.43 Å². The molecule has 2 rings (SSSR count). The van der Waals surface area contributed by atoms with Gasteiger partial charge in [-0.05, 0) is 49.1 Å². The molecule has 0 amide bonds. The van der Waals surface area contributed by atoms with Crippen LogP contribution in [-0.2, 0) is 6.42 Å². The van der Waals surface area contributed by atoms with Crippen LogP contribution >= 0.6 is 0 Å². The number of rotatable bonds is 5. The molecule has 0 aliphatic heterocycles. The average Bonchev–Trinajstić information content (AvgIpc) is 2.46. The molecule has 0 aliphatic rings. The summed E-state index contributed by atoms with van der Waals surface area (Å²) in [6.07, 6.45) is 2.46. The molecule has 0 saturated heterocycles. The number of halogens is 2. The fourth-order valence-electron chi connectivity index (χ4n) is 2.17. The van der Waals surface area contributed by atoms with Gasteiger partial charge in [0.1, 0.15) is 11.6 Å². The number of aryl methyl sites for hydroxylation is 2. The standard InChI is InChI=1S/C18H18F2N2/c1-12-4-5-14(8-13(12)2)6-7-18(22-21-3)15-9-16(19)11-17(20)10-15/h4-5,7-11,22H,3,6H2,1-2H3/b18-7-. The second kappa shape index (κ2) is 6.98. The quantitative estimate of drug-likeness (QED) is 0.643. The molecular formula is C18H18F2N2. The lowest BCUT2D eigenvalue weighted by atomic mass is 10.0. The maximum absolute atomic E-state index is 13.3. The predicted molar refractivity (Wildman–Crippen MR) is 86.6 cm³/mol. The number of benzene rings is 2. The molecule has 2 aromatic rings. The first kappa shape index (κ1) is 15.9. The zero-order valence-electron chi connectivity index (χ0n) is 12.7. The van der Waals surface area contributed by atoms with Crippen LogP contribution in [0.25, 0.3) is 5.70 Å². The third-order valence-electron chi connectivity index (χ3n) is 3.49. The van der Waals surface area contributed by atoms with E-state index in [-0.39, 0.29) is 0 Å². The summed E-state index contributed by atoms with van der Waals surface area (Å²) in [6.45, 7) is 7.47. The van der Waals surface area contributed by atoms with E-state index in [1.54, 1.807) is 0 Å². The van der Waals surface area contributed by atoms with Crippen molar-refractivity contribution in [1.29, 1.82) is 0 Å². The maximum Gasteiger partial charge on any atom is 0.126 e. The van der Waals surface area contributed by atoms with E-state index in [0.29, 0.717) is 17.7 Å². The summed E-state index contributed by atoms with van der Waals surface area (Å²) < 4.78 is 26.7. The van der Waals surface area contributed by atoms with Gasteiger partial charge >= 0.3 is 0 Å². The minimum absolute atomic E-state index is 0.397. The van der Waals surface area contributed by atoms with Gasteiger partial charge in [0.25, 0.3) is 0 Å². The number of allylic oxidation sites excluding steroid dienone is 1. The third-order valence-corrected chi connectivity index (χ3v) is 3.49. The van der Waals surface area contributed by atoms with Gasteiger partial charge in [-0.1, -0.05) is 24.3 Å². The van der Waals surface area contributed by atoms with Gasteiger partial charge in [-0.3, -0.25) is 5.43 Å². The molecule has 0 saturated carbocycles. The lowest BCUT2D eigenvalue weighted by molar-refractivity contribution is 0.582. The molecule has 114 valence electrons. The minimum atomic E-state index is -0.627. The Kier molecular flexibility index (Phi) is 5.04. The molecule has 0 unspecified atom stereocenters. The monoisotopic (exact) mass is 300 g/mol. The van der Waals surface area contributed by atoms with E-state index in [0.717, 1.165) is 11.6 Å². The highest BCUT2D eigenvalue weighted by atomic mass is 19.1. The topological polar surface area (TPSA) is 24.4 Å². The smallest absolute Gasteiger partial charge is 0.126 e. The van der Waals surface area contributed by atoms with Gasteiger partial charge in [-0.25, -0.2) is 8.78 Å². The van der Waals surface area contributed by atoms with Gasteiger partial charge in [0.15, 0.2) is 0 Å². The summed E-state index contributed by atoms with van der Waals surface area (Å²) in [4.78, 5) is 0. The molecule has 0 radical (unpaired) electrons. The number of hydrazone groups is 1. The van der Waals surface area contributed by atoms with Crippen molar-refractivity contribution in [2.24, 2.45) is 5.10 Å². The molecule has 2 nitrogen and oxygen atoms in total. The lowest BCUT2D eigenvalue weighted by Crippen LogP contribution is -2.05. The van der Waals surface area contributed by atoms with Gasteiger partial charge in [-0.2, -0.15) is 5.10 Å². The fourth-order valence-corrected chi connectivity index (χ4v) is 2.17. The summed E-state index contributed by atoms with van der Waals surface area (Å²) >= 11 is 0. The van der Waals surface area contributed by atoms with Crippen LogP contribution in [0.3, 0.4) is 0 Å². The highest BCUT2D eigenvalue weighted by Gasteiger charge is 2.06. The first-order valence-corrected chi connectivity index (χ1v) is 6.94. The molecule has 0 atom stereocenters. The molecule has 0 fully saturated rings. The normalized spacial score (nSPS) is 11.4. The van der Waals surface area contributed by atoms with E-state index in [2.05, 4.69) is 43.2 Å². The van der Waals surface area contributed by atoms with Crippen molar-refractivity contribution in [1.82, 2.24) is 5.43 Å². The summed E-state index contributed by atoms with van der Waals surface area (Å²) in [6, 6.07) is 9.53. The Labute approximate surface area is 129 Å². The van der Waals surface area contributed by atoms with Crippen molar-refractivity contribution in [3.63, 3.8) is 0 Å². The Bertz CT molecular complexity index is 701. The van der Waals surface area contributed by atoms with Crippen molar-refractivity contribution < 1.29 is 8.78 Å². The number of nitrogens with zero attached hydrogens (tertiary/aromatic N) is 1. The van der Waals surface area contributed by atoms with Gasteiger partial charge in [0.05, 0.1) is 5.70 Å². The van der Waals surface area contributed by atoms with Gasteiger partial charge in [0.2, 0.25) is 0 Å².